The molecule has 1 unspecified atom stereocenters. The standard InChI is InChI=1S/C10H15N5O10P2.H2O.3Rb/c11-8-5-9(13-2-12-8)15(3-14-5)10-7(17)6(16)4(24-10)1-23-27(21,22)25-26(18,19)20;;;;/h2-4,6-7,10,16-17H,1H2,(H,21,22)(H2,11,12,13)(H2,18,19,20);1H2;;;/q;;3*+1/p-3/t4-,6-,7-,10-;;;;/m1..../s1. The van der Waals surface area contributed by atoms with Crippen molar-refractivity contribution in [1.82, 2.24) is 19.5 Å². The maximum Gasteiger partial charge on any atom is 1.00 e. The summed E-state index contributed by atoms with van der Waals surface area (Å²) in [7, 11) is -11.4. The van der Waals surface area contributed by atoms with Crippen molar-refractivity contribution < 1.29 is 228 Å². The van der Waals surface area contributed by atoms with Crippen LogP contribution >= 0.6 is 15.6 Å². The number of fused-ring (bicyclic) bond motifs is 1. The van der Waals surface area contributed by atoms with Gasteiger partial charge in [-0.2, -0.15) is 0 Å². The van der Waals surface area contributed by atoms with E-state index in [-0.39, 0.29) is 197 Å². The number of anilines is 1. The Morgan fingerprint density at radius 2 is 1.74 bits per heavy atom. The molecule has 21 heteroatoms. The van der Waals surface area contributed by atoms with E-state index < -0.39 is 46.8 Å². The number of phosphoric ester groups is 1. The molecule has 0 radical (unpaired) electrons. The minimum Gasteiger partial charge on any atom is -0.790 e. The Morgan fingerprint density at radius 1 is 1.13 bits per heavy atom. The number of nitrogens with zero attached hydrogens (tertiary/aromatic N) is 4. The van der Waals surface area contributed by atoms with Gasteiger partial charge in [-0.15, -0.1) is 0 Å². The number of nitrogens with two attached hydrogens (primary N) is 1. The molecule has 1 aliphatic heterocycles. The third-order valence-corrected chi connectivity index (χ3v) is 5.66. The Bertz CT molecular complexity index is 948. The summed E-state index contributed by atoms with van der Waals surface area (Å²) < 4.78 is 35.7. The van der Waals surface area contributed by atoms with E-state index in [0.29, 0.717) is 0 Å². The first-order valence-corrected chi connectivity index (χ1v) is 10.0. The Morgan fingerprint density at radius 3 is 2.32 bits per heavy atom. The molecule has 0 aromatic carbocycles. The van der Waals surface area contributed by atoms with Crippen LogP contribution in [0.3, 0.4) is 0 Å². The number of hydrogen-bond acceptors (Lipinski definition) is 14. The Kier molecular flexibility index (Phi) is 18.3. The van der Waals surface area contributed by atoms with Gasteiger partial charge in [-0.1, -0.05) is 0 Å². The zero-order valence-corrected chi connectivity index (χ0v) is 33.1. The molecule has 31 heavy (non-hydrogen) atoms. The van der Waals surface area contributed by atoms with Crippen molar-refractivity contribution in [2.45, 2.75) is 24.5 Å². The van der Waals surface area contributed by atoms with Crippen LogP contribution < -0.4 is 195 Å². The fourth-order valence-corrected chi connectivity index (χ4v) is 3.96. The molecule has 1 saturated heterocycles. The molecule has 1 aliphatic rings. The third-order valence-electron chi connectivity index (χ3n) is 3.60. The van der Waals surface area contributed by atoms with E-state index >= 15 is 0 Å². The first-order valence-electron chi connectivity index (χ1n) is 7.12. The number of rotatable bonds is 6. The fourth-order valence-electron chi connectivity index (χ4n) is 2.46. The molecule has 2 aromatic heterocycles. The van der Waals surface area contributed by atoms with Crippen LogP contribution in [0.4, 0.5) is 5.82 Å². The minimum absolute atomic E-state index is 0. The molecule has 6 N–H and O–H groups in total. The average Bonchev–Trinajstić information content (AvgIpc) is 3.07. The summed E-state index contributed by atoms with van der Waals surface area (Å²) in [6.07, 6.45) is -3.48. The van der Waals surface area contributed by atoms with Gasteiger partial charge < -0.3 is 49.9 Å². The van der Waals surface area contributed by atoms with Gasteiger partial charge in [0.05, 0.1) is 20.8 Å². The normalized spacial score (nSPS) is 24.8. The summed E-state index contributed by atoms with van der Waals surface area (Å²) in [6.45, 7) is -0.931. The maximum absolute atomic E-state index is 11.3. The van der Waals surface area contributed by atoms with Crippen molar-refractivity contribution in [3.8, 4) is 0 Å². The summed E-state index contributed by atoms with van der Waals surface area (Å²) in [4.78, 5) is 43.7. The Balaban J connectivity index is 0. The van der Waals surface area contributed by atoms with Crippen LogP contribution in [0.5, 0.6) is 0 Å². The average molecular weight is 699 g/mol. The van der Waals surface area contributed by atoms with Crippen LogP contribution in [0, 0.1) is 0 Å². The van der Waals surface area contributed by atoms with Gasteiger partial charge in [0.15, 0.2) is 17.7 Å². The number of imidazole rings is 1. The monoisotopic (exact) mass is 697 g/mol. The van der Waals surface area contributed by atoms with E-state index in [2.05, 4.69) is 23.8 Å². The van der Waals surface area contributed by atoms with Crippen molar-refractivity contribution in [3.63, 3.8) is 0 Å². The number of aliphatic hydroxyl groups is 2. The van der Waals surface area contributed by atoms with Crippen molar-refractivity contribution in [1.29, 1.82) is 0 Å². The fraction of sp³-hybridized carbons (Fsp3) is 0.500. The second-order valence-corrected chi connectivity index (χ2v) is 8.10. The number of ether oxygens (including phenoxy) is 1. The van der Waals surface area contributed by atoms with Crippen LogP contribution in [0.2, 0.25) is 0 Å². The zero-order chi connectivity index (χ0) is 20.0. The van der Waals surface area contributed by atoms with Crippen LogP contribution in [0.25, 0.3) is 11.2 Å². The van der Waals surface area contributed by atoms with E-state index in [0.717, 1.165) is 6.33 Å². The van der Waals surface area contributed by atoms with E-state index in [1.54, 1.807) is 0 Å². The topological polar surface area (TPSA) is 273 Å². The summed E-state index contributed by atoms with van der Waals surface area (Å²) in [6, 6.07) is 0. The maximum atomic E-state index is 11.3. The largest absolute Gasteiger partial charge is 1.00 e. The van der Waals surface area contributed by atoms with E-state index in [9.17, 15) is 34.0 Å². The molecular formula is C10H14N5O11P2Rb3. The van der Waals surface area contributed by atoms with Crippen molar-refractivity contribution in [2.24, 2.45) is 0 Å². The van der Waals surface area contributed by atoms with Gasteiger partial charge in [-0.3, -0.25) is 13.4 Å². The zero-order valence-electron chi connectivity index (χ0n) is 16.6. The molecule has 16 nitrogen and oxygen atoms in total. The summed E-state index contributed by atoms with van der Waals surface area (Å²) in [5.41, 5.74) is 6.04. The number of phosphoric acid groups is 2. The van der Waals surface area contributed by atoms with E-state index in [4.69, 9.17) is 10.5 Å². The predicted octanol–water partition coefficient (Wildman–Crippen LogP) is -13.5. The van der Waals surface area contributed by atoms with Crippen molar-refractivity contribution >= 4 is 32.6 Å². The molecule has 3 heterocycles. The van der Waals surface area contributed by atoms with Crippen molar-refractivity contribution in [2.75, 3.05) is 12.3 Å². The van der Waals surface area contributed by atoms with Gasteiger partial charge in [0.2, 0.25) is 0 Å². The Labute approximate surface area is 321 Å². The molecule has 0 amide bonds. The van der Waals surface area contributed by atoms with E-state index in [1.165, 1.54) is 10.9 Å². The van der Waals surface area contributed by atoms with Gasteiger partial charge in [0.1, 0.15) is 30.2 Å². The van der Waals surface area contributed by atoms with Crippen LogP contribution in [0.1, 0.15) is 6.23 Å². The summed E-state index contributed by atoms with van der Waals surface area (Å²) >= 11 is 0. The second kappa shape index (κ2) is 15.3. The molecule has 5 atom stereocenters. The molecular weight excluding hydrogens is 684 g/mol. The molecule has 2 aromatic rings. The van der Waals surface area contributed by atoms with Gasteiger partial charge in [0.25, 0.3) is 7.82 Å². The van der Waals surface area contributed by atoms with Crippen molar-refractivity contribution in [3.05, 3.63) is 12.7 Å². The first kappa shape index (κ1) is 37.0. The quantitative estimate of drug-likeness (QED) is 0.237. The predicted molar refractivity (Wildman–Crippen MR) is 81.5 cm³/mol. The van der Waals surface area contributed by atoms with Gasteiger partial charge in [-0.05, 0) is 0 Å². The molecule has 0 aliphatic carbocycles. The second-order valence-electron chi connectivity index (χ2n) is 5.40. The van der Waals surface area contributed by atoms with Crippen LogP contribution in [-0.2, 0) is 22.7 Å². The SMILES string of the molecule is Nc1ncnc2c1ncn2[C@@H]1O[C@H](COP(=O)([O-])OP(=O)([O-])[O-])[C@@H](O)[C@H]1O.O.[Rb+].[Rb+].[Rb+]. The van der Waals surface area contributed by atoms with E-state index in [1.807, 2.05) is 0 Å². The first-order chi connectivity index (χ1) is 12.5. The minimum atomic E-state index is -5.85. The third kappa shape index (κ3) is 9.92. The summed E-state index contributed by atoms with van der Waals surface area (Å²) in [5, 5.41) is 20.2. The Hall–Kier alpha value is 3.87. The molecule has 1 fully saturated rings. The number of aliphatic hydroxyl groups excluding tert-OH is 2. The molecule has 0 bridgehead atoms. The number of hydrogen-bond donors (Lipinski definition) is 3. The number of nitrogen functional groups attached to an aromatic ring is 1. The van der Waals surface area contributed by atoms with Gasteiger partial charge in [-0.25, -0.2) is 15.0 Å². The molecule has 0 spiro atoms. The van der Waals surface area contributed by atoms with Gasteiger partial charge >= 0.3 is 175 Å². The smallest absolute Gasteiger partial charge is 0.790 e. The van der Waals surface area contributed by atoms with Gasteiger partial charge in [0, 0.05) is 0 Å². The van der Waals surface area contributed by atoms with Crippen LogP contribution in [0.15, 0.2) is 12.7 Å². The summed E-state index contributed by atoms with van der Waals surface area (Å²) in [5.74, 6) is 0.0655. The van der Waals surface area contributed by atoms with Crippen LogP contribution in [-0.4, -0.2) is 60.1 Å². The molecule has 3 rings (SSSR count). The number of aromatic nitrogens is 4. The molecule has 158 valence electrons. The molecule has 0 saturated carbocycles.